The van der Waals surface area contributed by atoms with Crippen molar-refractivity contribution < 1.29 is 14.3 Å². The van der Waals surface area contributed by atoms with Crippen LogP contribution in [0.3, 0.4) is 0 Å². The standard InChI is InChI=1S/C9H18N2O3/c1-4-6(2)8(9(13)14-3)11-7(12)5-10/h6,8H,4-5,10H2,1-3H3,(H,11,12). The van der Waals surface area contributed by atoms with E-state index < -0.39 is 12.0 Å². The molecule has 82 valence electrons. The maximum Gasteiger partial charge on any atom is 0.328 e. The van der Waals surface area contributed by atoms with Gasteiger partial charge in [-0.05, 0) is 5.92 Å². The first-order chi connectivity index (χ1) is 6.56. The second kappa shape index (κ2) is 6.37. The maximum absolute atomic E-state index is 11.3. The van der Waals surface area contributed by atoms with Crippen LogP contribution in [0.15, 0.2) is 0 Å². The summed E-state index contributed by atoms with van der Waals surface area (Å²) in [6, 6.07) is -0.596. The molecule has 5 nitrogen and oxygen atoms in total. The lowest BCUT2D eigenvalue weighted by Crippen LogP contribution is -2.47. The Balaban J connectivity index is 4.39. The number of hydrogen-bond acceptors (Lipinski definition) is 4. The monoisotopic (exact) mass is 202 g/mol. The summed E-state index contributed by atoms with van der Waals surface area (Å²) in [5, 5.41) is 2.53. The SMILES string of the molecule is CCC(C)C(NC(=O)CN)C(=O)OC. The number of nitrogens with one attached hydrogen (secondary N) is 1. The maximum atomic E-state index is 11.3. The average Bonchev–Trinajstić information content (AvgIpc) is 2.23. The first kappa shape index (κ1) is 12.9. The molecule has 0 aliphatic carbocycles. The van der Waals surface area contributed by atoms with Gasteiger partial charge in [-0.15, -0.1) is 0 Å². The number of methoxy groups -OCH3 is 1. The van der Waals surface area contributed by atoms with Crippen LogP contribution in [0.2, 0.25) is 0 Å². The number of rotatable bonds is 5. The molecule has 2 atom stereocenters. The van der Waals surface area contributed by atoms with E-state index in [9.17, 15) is 9.59 Å². The Labute approximate surface area is 84.0 Å². The third-order valence-corrected chi connectivity index (χ3v) is 2.17. The van der Waals surface area contributed by atoms with E-state index >= 15 is 0 Å². The van der Waals surface area contributed by atoms with Crippen molar-refractivity contribution in [2.24, 2.45) is 11.7 Å². The van der Waals surface area contributed by atoms with E-state index in [0.717, 1.165) is 6.42 Å². The van der Waals surface area contributed by atoms with Crippen LogP contribution in [0.25, 0.3) is 0 Å². The molecule has 5 heteroatoms. The number of amides is 1. The molecule has 0 bridgehead atoms. The van der Waals surface area contributed by atoms with E-state index in [1.807, 2.05) is 13.8 Å². The van der Waals surface area contributed by atoms with Crippen molar-refractivity contribution in [3.63, 3.8) is 0 Å². The van der Waals surface area contributed by atoms with Crippen LogP contribution in [0, 0.1) is 5.92 Å². The van der Waals surface area contributed by atoms with E-state index in [4.69, 9.17) is 5.73 Å². The average molecular weight is 202 g/mol. The van der Waals surface area contributed by atoms with E-state index in [-0.39, 0.29) is 18.4 Å². The molecule has 1 amide bonds. The minimum Gasteiger partial charge on any atom is -0.467 e. The number of esters is 1. The molecule has 3 N–H and O–H groups in total. The van der Waals surface area contributed by atoms with Gasteiger partial charge in [0.25, 0.3) is 0 Å². The predicted octanol–water partition coefficient (Wildman–Crippen LogP) is -0.351. The molecular formula is C9H18N2O3. The minimum absolute atomic E-state index is 0.0398. The molecule has 0 aliphatic rings. The lowest BCUT2D eigenvalue weighted by Gasteiger charge is -2.21. The fourth-order valence-electron chi connectivity index (χ4n) is 1.03. The normalized spacial score (nSPS) is 14.3. The molecule has 2 unspecified atom stereocenters. The highest BCUT2D eigenvalue weighted by Crippen LogP contribution is 2.08. The van der Waals surface area contributed by atoms with Crippen molar-refractivity contribution in [3.8, 4) is 0 Å². The molecule has 0 aliphatic heterocycles. The summed E-state index contributed by atoms with van der Waals surface area (Å²) in [5.41, 5.74) is 5.14. The number of hydrogen-bond donors (Lipinski definition) is 2. The molecular weight excluding hydrogens is 184 g/mol. The summed E-state index contributed by atoms with van der Waals surface area (Å²) < 4.78 is 4.59. The summed E-state index contributed by atoms with van der Waals surface area (Å²) in [5.74, 6) is -0.736. The molecule has 0 spiro atoms. The van der Waals surface area contributed by atoms with Gasteiger partial charge in [-0.1, -0.05) is 20.3 Å². The van der Waals surface area contributed by atoms with Crippen LogP contribution in [0.5, 0.6) is 0 Å². The quantitative estimate of drug-likeness (QED) is 0.597. The molecule has 0 rings (SSSR count). The Bertz CT molecular complexity index is 206. The van der Waals surface area contributed by atoms with E-state index in [1.165, 1.54) is 7.11 Å². The molecule has 0 fully saturated rings. The van der Waals surface area contributed by atoms with Crippen molar-refractivity contribution in [1.82, 2.24) is 5.32 Å². The predicted molar refractivity (Wildman–Crippen MR) is 52.5 cm³/mol. The van der Waals surface area contributed by atoms with Crippen molar-refractivity contribution in [2.45, 2.75) is 26.3 Å². The summed E-state index contributed by atoms with van der Waals surface area (Å²) in [6.45, 7) is 3.69. The minimum atomic E-state index is -0.596. The van der Waals surface area contributed by atoms with Gasteiger partial charge >= 0.3 is 5.97 Å². The lowest BCUT2D eigenvalue weighted by atomic mass is 9.99. The largest absolute Gasteiger partial charge is 0.467 e. The van der Waals surface area contributed by atoms with Crippen LogP contribution in [0.1, 0.15) is 20.3 Å². The molecule has 0 saturated heterocycles. The van der Waals surface area contributed by atoms with E-state index in [2.05, 4.69) is 10.1 Å². The van der Waals surface area contributed by atoms with Crippen molar-refractivity contribution in [1.29, 1.82) is 0 Å². The van der Waals surface area contributed by atoms with Gasteiger partial charge in [0.2, 0.25) is 5.91 Å². The lowest BCUT2D eigenvalue weighted by molar-refractivity contribution is -0.146. The Kier molecular flexibility index (Phi) is 5.87. The Morgan fingerprint density at radius 3 is 2.43 bits per heavy atom. The number of nitrogens with two attached hydrogens (primary N) is 1. The molecule has 14 heavy (non-hydrogen) atoms. The molecule has 0 saturated carbocycles. The molecule has 0 heterocycles. The third kappa shape index (κ3) is 3.74. The van der Waals surface area contributed by atoms with Gasteiger partial charge in [0.05, 0.1) is 13.7 Å². The van der Waals surface area contributed by atoms with Crippen LogP contribution in [-0.4, -0.2) is 31.6 Å². The fraction of sp³-hybridized carbons (Fsp3) is 0.778. The smallest absolute Gasteiger partial charge is 0.328 e. The molecule has 0 aromatic rings. The fourth-order valence-corrected chi connectivity index (χ4v) is 1.03. The van der Waals surface area contributed by atoms with Gasteiger partial charge in [-0.3, -0.25) is 4.79 Å². The third-order valence-electron chi connectivity index (χ3n) is 2.17. The summed E-state index contributed by atoms with van der Waals surface area (Å²) in [4.78, 5) is 22.3. The van der Waals surface area contributed by atoms with Crippen LogP contribution < -0.4 is 11.1 Å². The Morgan fingerprint density at radius 1 is 1.50 bits per heavy atom. The van der Waals surface area contributed by atoms with Crippen molar-refractivity contribution in [3.05, 3.63) is 0 Å². The van der Waals surface area contributed by atoms with Gasteiger partial charge < -0.3 is 15.8 Å². The first-order valence-corrected chi connectivity index (χ1v) is 4.64. The van der Waals surface area contributed by atoms with E-state index in [1.54, 1.807) is 0 Å². The second-order valence-corrected chi connectivity index (χ2v) is 3.16. The molecule has 0 radical (unpaired) electrons. The summed E-state index contributed by atoms with van der Waals surface area (Å²) >= 11 is 0. The van der Waals surface area contributed by atoms with Gasteiger partial charge in [-0.2, -0.15) is 0 Å². The topological polar surface area (TPSA) is 81.4 Å². The van der Waals surface area contributed by atoms with Crippen molar-refractivity contribution >= 4 is 11.9 Å². The number of carbonyl (C=O) groups is 2. The number of carbonyl (C=O) groups excluding carboxylic acids is 2. The molecule has 0 aromatic carbocycles. The summed E-state index contributed by atoms with van der Waals surface area (Å²) in [7, 11) is 1.30. The molecule has 0 aromatic heterocycles. The highest BCUT2D eigenvalue weighted by Gasteiger charge is 2.25. The van der Waals surface area contributed by atoms with Crippen LogP contribution >= 0.6 is 0 Å². The van der Waals surface area contributed by atoms with Gasteiger partial charge in [0.1, 0.15) is 6.04 Å². The van der Waals surface area contributed by atoms with Crippen molar-refractivity contribution in [2.75, 3.05) is 13.7 Å². The zero-order valence-electron chi connectivity index (χ0n) is 8.87. The second-order valence-electron chi connectivity index (χ2n) is 3.16. The highest BCUT2D eigenvalue weighted by atomic mass is 16.5. The van der Waals surface area contributed by atoms with E-state index in [0.29, 0.717) is 0 Å². The Morgan fingerprint density at radius 2 is 2.07 bits per heavy atom. The van der Waals surface area contributed by atoms with Gasteiger partial charge in [0.15, 0.2) is 0 Å². The zero-order chi connectivity index (χ0) is 11.1. The zero-order valence-corrected chi connectivity index (χ0v) is 8.87. The van der Waals surface area contributed by atoms with Gasteiger partial charge in [0, 0.05) is 0 Å². The van der Waals surface area contributed by atoms with Crippen LogP contribution in [0.4, 0.5) is 0 Å². The van der Waals surface area contributed by atoms with Crippen LogP contribution in [-0.2, 0) is 14.3 Å². The number of ether oxygens (including phenoxy) is 1. The Hall–Kier alpha value is -1.10. The van der Waals surface area contributed by atoms with Gasteiger partial charge in [-0.25, -0.2) is 4.79 Å². The highest BCUT2D eigenvalue weighted by molar-refractivity contribution is 5.85. The summed E-state index contributed by atoms with van der Waals surface area (Å²) in [6.07, 6.45) is 0.782. The first-order valence-electron chi connectivity index (χ1n) is 4.64.